The minimum Gasteiger partial charge on any atom is -0.343 e. The largest absolute Gasteiger partial charge is 0.343 e. The van der Waals surface area contributed by atoms with Gasteiger partial charge in [-0.2, -0.15) is 0 Å². The first-order valence-electron chi connectivity index (χ1n) is 8.84. The zero-order valence-corrected chi connectivity index (χ0v) is 16.4. The summed E-state index contributed by atoms with van der Waals surface area (Å²) in [7, 11) is 0. The van der Waals surface area contributed by atoms with E-state index in [1.165, 1.54) is 6.42 Å². The van der Waals surface area contributed by atoms with Gasteiger partial charge in [0, 0.05) is 23.1 Å². The van der Waals surface area contributed by atoms with Crippen LogP contribution in [-0.4, -0.2) is 41.3 Å². The van der Waals surface area contributed by atoms with Crippen molar-refractivity contribution in [2.24, 2.45) is 0 Å². The van der Waals surface area contributed by atoms with E-state index >= 15 is 0 Å². The number of halogens is 1. The van der Waals surface area contributed by atoms with Gasteiger partial charge in [-0.15, -0.1) is 0 Å². The summed E-state index contributed by atoms with van der Waals surface area (Å²) in [5.74, 6) is -0.282. The number of benzene rings is 1. The van der Waals surface area contributed by atoms with Crippen molar-refractivity contribution in [3.05, 3.63) is 52.1 Å². The minimum atomic E-state index is -0.263. The normalized spacial score (nSPS) is 14.2. The van der Waals surface area contributed by atoms with Crippen LogP contribution in [0.3, 0.4) is 0 Å². The predicted octanol–water partition coefficient (Wildman–Crippen LogP) is 3.56. The Labute approximate surface area is 161 Å². The zero-order valence-electron chi connectivity index (χ0n) is 14.8. The molecule has 5 nitrogen and oxygen atoms in total. The number of nitrogens with zero attached hydrogens (tertiary/aromatic N) is 2. The van der Waals surface area contributed by atoms with E-state index in [1.54, 1.807) is 6.07 Å². The van der Waals surface area contributed by atoms with E-state index in [0.717, 1.165) is 41.7 Å². The maximum atomic E-state index is 12.4. The van der Waals surface area contributed by atoms with Gasteiger partial charge in [0.25, 0.3) is 5.91 Å². The molecule has 1 N–H and O–H groups in total. The number of likely N-dealkylation sites (tertiary alicyclic amines) is 1. The van der Waals surface area contributed by atoms with Crippen molar-refractivity contribution in [2.75, 3.05) is 19.6 Å². The van der Waals surface area contributed by atoms with Crippen LogP contribution in [-0.2, 0) is 4.79 Å². The fraction of sp³-hybridized carbons (Fsp3) is 0.350. The summed E-state index contributed by atoms with van der Waals surface area (Å²) in [6, 6.07) is 11.5. The monoisotopic (exact) mass is 415 g/mol. The molecule has 1 aliphatic heterocycles. The fourth-order valence-electron chi connectivity index (χ4n) is 3.12. The Morgan fingerprint density at radius 2 is 1.92 bits per heavy atom. The number of amides is 2. The van der Waals surface area contributed by atoms with Gasteiger partial charge in [-0.3, -0.25) is 14.6 Å². The van der Waals surface area contributed by atoms with Crippen LogP contribution in [0.2, 0.25) is 0 Å². The molecule has 1 aromatic heterocycles. The Hall–Kier alpha value is -2.21. The number of carbonyl (C=O) groups excluding carboxylic acids is 2. The van der Waals surface area contributed by atoms with Gasteiger partial charge in [0.05, 0.1) is 23.5 Å². The van der Waals surface area contributed by atoms with Gasteiger partial charge in [0.1, 0.15) is 0 Å². The molecule has 0 aliphatic carbocycles. The van der Waals surface area contributed by atoms with Gasteiger partial charge in [-0.05, 0) is 50.5 Å². The van der Waals surface area contributed by atoms with Crippen molar-refractivity contribution in [1.82, 2.24) is 15.2 Å². The summed E-state index contributed by atoms with van der Waals surface area (Å²) in [5, 5.41) is 2.73. The van der Waals surface area contributed by atoms with Gasteiger partial charge in [-0.25, -0.2) is 0 Å². The lowest BCUT2D eigenvalue weighted by molar-refractivity contribution is -0.130. The van der Waals surface area contributed by atoms with Crippen LogP contribution in [0.4, 0.5) is 0 Å². The number of aromatic nitrogens is 1. The van der Waals surface area contributed by atoms with Crippen LogP contribution >= 0.6 is 15.9 Å². The van der Waals surface area contributed by atoms with Crippen LogP contribution in [0.5, 0.6) is 0 Å². The lowest BCUT2D eigenvalue weighted by Gasteiger charge is -2.26. The second-order valence-corrected chi connectivity index (χ2v) is 7.38. The highest BCUT2D eigenvalue weighted by atomic mass is 79.9. The molecule has 0 unspecified atom stereocenters. The van der Waals surface area contributed by atoms with Crippen molar-refractivity contribution in [2.45, 2.75) is 26.2 Å². The Bertz CT molecular complexity index is 816. The molecule has 0 spiro atoms. The molecule has 136 valence electrons. The topological polar surface area (TPSA) is 62.3 Å². The van der Waals surface area contributed by atoms with E-state index in [-0.39, 0.29) is 18.4 Å². The summed E-state index contributed by atoms with van der Waals surface area (Å²) >= 11 is 3.45. The standard InChI is InChI=1S/C20H22BrN3O2/c1-14-17(8-9-18(23-14)15-6-5-7-16(21)12-15)20(26)22-13-19(25)24-10-3-2-4-11-24/h5-9,12H,2-4,10-11,13H2,1H3,(H,22,26). The van der Waals surface area contributed by atoms with E-state index < -0.39 is 0 Å². The molecule has 2 amide bonds. The quantitative estimate of drug-likeness (QED) is 0.829. The minimum absolute atomic E-state index is 0.0191. The SMILES string of the molecule is Cc1nc(-c2cccc(Br)c2)ccc1C(=O)NCC(=O)N1CCCCC1. The predicted molar refractivity (Wildman–Crippen MR) is 105 cm³/mol. The van der Waals surface area contributed by atoms with Crippen molar-refractivity contribution < 1.29 is 9.59 Å². The summed E-state index contributed by atoms with van der Waals surface area (Å²) in [6.07, 6.45) is 3.25. The summed E-state index contributed by atoms with van der Waals surface area (Å²) < 4.78 is 0.979. The second-order valence-electron chi connectivity index (χ2n) is 6.46. The van der Waals surface area contributed by atoms with Gasteiger partial charge in [0.2, 0.25) is 5.91 Å². The van der Waals surface area contributed by atoms with Crippen molar-refractivity contribution >= 4 is 27.7 Å². The maximum Gasteiger partial charge on any atom is 0.253 e. The number of aryl methyl sites for hydroxylation is 1. The van der Waals surface area contributed by atoms with E-state index in [4.69, 9.17) is 0 Å². The van der Waals surface area contributed by atoms with Crippen LogP contribution < -0.4 is 5.32 Å². The number of carbonyl (C=O) groups is 2. The molecular formula is C20H22BrN3O2. The average molecular weight is 416 g/mol. The summed E-state index contributed by atoms with van der Waals surface area (Å²) in [6.45, 7) is 3.42. The molecule has 26 heavy (non-hydrogen) atoms. The first-order valence-corrected chi connectivity index (χ1v) is 9.63. The van der Waals surface area contributed by atoms with Crippen LogP contribution in [0.25, 0.3) is 11.3 Å². The van der Waals surface area contributed by atoms with E-state index in [2.05, 4.69) is 26.2 Å². The van der Waals surface area contributed by atoms with Gasteiger partial charge >= 0.3 is 0 Å². The summed E-state index contributed by atoms with van der Waals surface area (Å²) in [5.41, 5.74) is 2.93. The zero-order chi connectivity index (χ0) is 18.5. The molecular weight excluding hydrogens is 394 g/mol. The number of nitrogens with one attached hydrogen (secondary N) is 1. The Morgan fingerprint density at radius 1 is 1.15 bits per heavy atom. The fourth-order valence-corrected chi connectivity index (χ4v) is 3.52. The van der Waals surface area contributed by atoms with E-state index in [1.807, 2.05) is 42.2 Å². The number of rotatable bonds is 4. The lowest BCUT2D eigenvalue weighted by Crippen LogP contribution is -2.42. The molecule has 0 radical (unpaired) electrons. The van der Waals surface area contributed by atoms with Gasteiger partial charge in [0.15, 0.2) is 0 Å². The highest BCUT2D eigenvalue weighted by molar-refractivity contribution is 9.10. The maximum absolute atomic E-state index is 12.4. The number of piperidine rings is 1. The van der Waals surface area contributed by atoms with Crippen molar-refractivity contribution in [3.63, 3.8) is 0 Å². The highest BCUT2D eigenvalue weighted by Gasteiger charge is 2.18. The van der Waals surface area contributed by atoms with Gasteiger partial charge < -0.3 is 10.2 Å². The lowest BCUT2D eigenvalue weighted by atomic mass is 10.1. The van der Waals surface area contributed by atoms with E-state index in [9.17, 15) is 9.59 Å². The van der Waals surface area contributed by atoms with Crippen LogP contribution in [0.15, 0.2) is 40.9 Å². The molecule has 2 aromatic rings. The molecule has 1 aliphatic rings. The Balaban J connectivity index is 1.65. The second kappa shape index (κ2) is 8.45. The number of pyridine rings is 1. The number of hydrogen-bond donors (Lipinski definition) is 1. The molecule has 0 saturated carbocycles. The smallest absolute Gasteiger partial charge is 0.253 e. The van der Waals surface area contributed by atoms with Gasteiger partial charge in [-0.1, -0.05) is 28.1 Å². The van der Waals surface area contributed by atoms with Crippen molar-refractivity contribution in [3.8, 4) is 11.3 Å². The third kappa shape index (κ3) is 4.49. The number of hydrogen-bond acceptors (Lipinski definition) is 3. The third-order valence-electron chi connectivity index (χ3n) is 4.56. The molecule has 6 heteroatoms. The van der Waals surface area contributed by atoms with Crippen molar-refractivity contribution in [1.29, 1.82) is 0 Å². The molecule has 3 rings (SSSR count). The average Bonchev–Trinajstić information content (AvgIpc) is 2.66. The molecule has 2 heterocycles. The first-order chi connectivity index (χ1) is 12.5. The molecule has 1 fully saturated rings. The summed E-state index contributed by atoms with van der Waals surface area (Å²) in [4.78, 5) is 31.0. The first kappa shape index (κ1) is 18.6. The van der Waals surface area contributed by atoms with Crippen LogP contribution in [0, 0.1) is 6.92 Å². The highest BCUT2D eigenvalue weighted by Crippen LogP contribution is 2.22. The Morgan fingerprint density at radius 3 is 2.62 bits per heavy atom. The molecule has 0 bridgehead atoms. The Kier molecular flexibility index (Phi) is 6.04. The van der Waals surface area contributed by atoms with Crippen LogP contribution in [0.1, 0.15) is 35.3 Å². The molecule has 0 atom stereocenters. The molecule has 1 aromatic carbocycles. The van der Waals surface area contributed by atoms with E-state index in [0.29, 0.717) is 11.3 Å². The molecule has 1 saturated heterocycles. The third-order valence-corrected chi connectivity index (χ3v) is 5.05.